The van der Waals surface area contributed by atoms with Crippen molar-refractivity contribution in [3.63, 3.8) is 0 Å². The van der Waals surface area contributed by atoms with Crippen LogP contribution in [0, 0.1) is 0 Å². The fraction of sp³-hybridized carbons (Fsp3) is 0.294. The normalized spacial score (nSPS) is 18.6. The molecule has 0 saturated heterocycles. The standard InChI is InChI=1S/C17H17Cl2N3O5S/c18-13-2-1-3-14(16(13)19)27-10-12(23)8-20-17(24)11-4-5-15-21-28(25,26)7-6-22(15)9-11/h1-5,9,12,23H,6-8,10H2,(H,20,24). The van der Waals surface area contributed by atoms with E-state index in [1.165, 1.54) is 18.4 Å². The molecule has 0 aromatic heterocycles. The average Bonchev–Trinajstić information content (AvgIpc) is 2.66. The van der Waals surface area contributed by atoms with Crippen LogP contribution in [0.25, 0.3) is 0 Å². The van der Waals surface area contributed by atoms with E-state index in [2.05, 4.69) is 9.71 Å². The first kappa shape index (κ1) is 20.7. The number of hydrogen-bond donors (Lipinski definition) is 2. The number of nitrogens with one attached hydrogen (secondary N) is 1. The quantitative estimate of drug-likeness (QED) is 0.683. The molecule has 0 aliphatic carbocycles. The Bertz CT molecular complexity index is 975. The molecule has 2 heterocycles. The maximum absolute atomic E-state index is 12.3. The molecule has 28 heavy (non-hydrogen) atoms. The summed E-state index contributed by atoms with van der Waals surface area (Å²) in [7, 11) is -3.45. The number of carbonyl (C=O) groups excluding carboxylic acids is 1. The largest absolute Gasteiger partial charge is 0.489 e. The molecule has 11 heteroatoms. The highest BCUT2D eigenvalue weighted by Crippen LogP contribution is 2.31. The van der Waals surface area contributed by atoms with Crippen LogP contribution in [-0.4, -0.2) is 61.7 Å². The monoisotopic (exact) mass is 445 g/mol. The van der Waals surface area contributed by atoms with E-state index in [1.807, 2.05) is 0 Å². The van der Waals surface area contributed by atoms with E-state index in [0.29, 0.717) is 16.3 Å². The van der Waals surface area contributed by atoms with Gasteiger partial charge in [0.25, 0.3) is 15.9 Å². The van der Waals surface area contributed by atoms with Gasteiger partial charge < -0.3 is 20.1 Å². The molecular weight excluding hydrogens is 429 g/mol. The van der Waals surface area contributed by atoms with E-state index >= 15 is 0 Å². The number of amides is 1. The minimum Gasteiger partial charge on any atom is -0.489 e. The van der Waals surface area contributed by atoms with Crippen LogP contribution in [0.5, 0.6) is 5.75 Å². The molecule has 0 fully saturated rings. The van der Waals surface area contributed by atoms with Crippen LogP contribution in [0.4, 0.5) is 0 Å². The minimum atomic E-state index is -3.45. The van der Waals surface area contributed by atoms with Crippen LogP contribution in [0.2, 0.25) is 10.0 Å². The number of fused-ring (bicyclic) bond motifs is 1. The lowest BCUT2D eigenvalue weighted by Gasteiger charge is -2.27. The maximum atomic E-state index is 12.3. The molecule has 0 spiro atoms. The molecule has 1 aromatic rings. The number of nitrogens with zero attached hydrogens (tertiary/aromatic N) is 2. The molecule has 150 valence electrons. The molecule has 1 aromatic carbocycles. The third kappa shape index (κ3) is 5.05. The summed E-state index contributed by atoms with van der Waals surface area (Å²) in [5.74, 6) is 0.0836. The Kier molecular flexibility index (Phi) is 6.29. The molecule has 1 unspecified atom stereocenters. The van der Waals surface area contributed by atoms with Gasteiger partial charge in [0.2, 0.25) is 0 Å². The van der Waals surface area contributed by atoms with Crippen molar-refractivity contribution in [1.82, 2.24) is 10.2 Å². The van der Waals surface area contributed by atoms with Crippen molar-refractivity contribution in [2.45, 2.75) is 6.10 Å². The molecule has 3 rings (SSSR count). The van der Waals surface area contributed by atoms with Crippen molar-refractivity contribution in [2.75, 3.05) is 25.4 Å². The number of sulfonamides is 1. The second kappa shape index (κ2) is 8.52. The topological polar surface area (TPSA) is 108 Å². The van der Waals surface area contributed by atoms with Gasteiger partial charge in [0, 0.05) is 19.3 Å². The molecule has 2 aliphatic heterocycles. The van der Waals surface area contributed by atoms with Crippen LogP contribution in [0.1, 0.15) is 0 Å². The van der Waals surface area contributed by atoms with Gasteiger partial charge in [0.1, 0.15) is 29.3 Å². The van der Waals surface area contributed by atoms with Crippen molar-refractivity contribution in [2.24, 2.45) is 4.40 Å². The molecule has 0 bridgehead atoms. The van der Waals surface area contributed by atoms with Gasteiger partial charge in [-0.1, -0.05) is 29.3 Å². The predicted octanol–water partition coefficient (Wildman–Crippen LogP) is 1.35. The second-order valence-corrected chi connectivity index (χ2v) is 8.61. The number of halogens is 2. The predicted molar refractivity (Wildman–Crippen MR) is 106 cm³/mol. The van der Waals surface area contributed by atoms with Gasteiger partial charge in [-0.25, -0.2) is 8.42 Å². The van der Waals surface area contributed by atoms with Gasteiger partial charge in [-0.15, -0.1) is 4.40 Å². The maximum Gasteiger partial charge on any atom is 0.256 e. The first-order valence-electron chi connectivity index (χ1n) is 8.27. The highest BCUT2D eigenvalue weighted by atomic mass is 35.5. The van der Waals surface area contributed by atoms with Crippen molar-refractivity contribution >= 4 is 45.0 Å². The van der Waals surface area contributed by atoms with E-state index in [1.54, 1.807) is 23.1 Å². The SMILES string of the molecule is O=C(NCC(O)COc1cccc(Cl)c1Cl)C1=CN2CCS(=O)(=O)N=C2C=C1. The molecule has 1 amide bonds. The van der Waals surface area contributed by atoms with Gasteiger partial charge in [-0.3, -0.25) is 4.79 Å². The Morgan fingerprint density at radius 1 is 1.36 bits per heavy atom. The number of ether oxygens (including phenoxy) is 1. The lowest BCUT2D eigenvalue weighted by atomic mass is 10.1. The number of amidine groups is 1. The third-order valence-electron chi connectivity index (χ3n) is 3.93. The first-order valence-corrected chi connectivity index (χ1v) is 10.6. The van der Waals surface area contributed by atoms with E-state index in [9.17, 15) is 18.3 Å². The minimum absolute atomic E-state index is 0.0441. The van der Waals surface area contributed by atoms with Crippen LogP contribution < -0.4 is 10.1 Å². The third-order valence-corrected chi connectivity index (χ3v) is 5.90. The molecular formula is C17H17Cl2N3O5S. The summed E-state index contributed by atoms with van der Waals surface area (Å²) in [5, 5.41) is 13.2. The van der Waals surface area contributed by atoms with Crippen molar-refractivity contribution in [3.05, 3.63) is 52.2 Å². The summed E-state index contributed by atoms with van der Waals surface area (Å²) in [6.07, 6.45) is 3.49. The number of benzene rings is 1. The van der Waals surface area contributed by atoms with E-state index in [4.69, 9.17) is 27.9 Å². The number of aliphatic hydroxyl groups is 1. The molecule has 8 nitrogen and oxygen atoms in total. The summed E-state index contributed by atoms with van der Waals surface area (Å²) in [6, 6.07) is 4.91. The highest BCUT2D eigenvalue weighted by molar-refractivity contribution is 7.90. The van der Waals surface area contributed by atoms with Gasteiger partial charge >= 0.3 is 0 Å². The number of carbonyl (C=O) groups is 1. The van der Waals surface area contributed by atoms with Crippen LogP contribution in [0.15, 0.2) is 46.5 Å². The Labute approximate surface area is 172 Å². The van der Waals surface area contributed by atoms with Gasteiger partial charge in [-0.05, 0) is 24.3 Å². The zero-order valence-electron chi connectivity index (χ0n) is 14.5. The van der Waals surface area contributed by atoms with E-state index in [0.717, 1.165) is 0 Å². The zero-order valence-corrected chi connectivity index (χ0v) is 16.8. The van der Waals surface area contributed by atoms with Gasteiger partial charge in [-0.2, -0.15) is 0 Å². The first-order chi connectivity index (χ1) is 13.2. The van der Waals surface area contributed by atoms with Gasteiger partial charge in [0.15, 0.2) is 0 Å². The fourth-order valence-corrected chi connectivity index (χ4v) is 3.80. The molecule has 1 atom stereocenters. The summed E-state index contributed by atoms with van der Waals surface area (Å²) >= 11 is 11.9. The van der Waals surface area contributed by atoms with Crippen LogP contribution >= 0.6 is 23.2 Å². The number of aliphatic hydroxyl groups excluding tert-OH is 1. The van der Waals surface area contributed by atoms with Crippen molar-refractivity contribution < 1.29 is 23.1 Å². The van der Waals surface area contributed by atoms with Crippen LogP contribution in [0.3, 0.4) is 0 Å². The van der Waals surface area contributed by atoms with E-state index < -0.39 is 22.0 Å². The summed E-state index contributed by atoms with van der Waals surface area (Å²) < 4.78 is 32.1. The number of hydrogen-bond acceptors (Lipinski definition) is 6. The van der Waals surface area contributed by atoms with E-state index in [-0.39, 0.29) is 36.3 Å². The Morgan fingerprint density at radius 2 is 2.14 bits per heavy atom. The molecule has 0 saturated carbocycles. The van der Waals surface area contributed by atoms with Crippen molar-refractivity contribution in [3.8, 4) is 5.75 Å². The van der Waals surface area contributed by atoms with Crippen LogP contribution in [-0.2, 0) is 14.8 Å². The zero-order chi connectivity index (χ0) is 20.3. The smallest absolute Gasteiger partial charge is 0.256 e. The average molecular weight is 446 g/mol. The summed E-state index contributed by atoms with van der Waals surface area (Å²) in [5.41, 5.74) is 0.323. The molecule has 2 aliphatic rings. The lowest BCUT2D eigenvalue weighted by Crippen LogP contribution is -2.39. The Balaban J connectivity index is 1.51. The lowest BCUT2D eigenvalue weighted by molar-refractivity contribution is -0.117. The van der Waals surface area contributed by atoms with Gasteiger partial charge in [0.05, 0.1) is 16.3 Å². The number of rotatable bonds is 6. The molecule has 2 N–H and O–H groups in total. The molecule has 0 radical (unpaired) electrons. The highest BCUT2D eigenvalue weighted by Gasteiger charge is 2.25. The Morgan fingerprint density at radius 3 is 2.93 bits per heavy atom. The fourth-order valence-electron chi connectivity index (χ4n) is 2.49. The second-order valence-electron chi connectivity index (χ2n) is 6.07. The summed E-state index contributed by atoms with van der Waals surface area (Å²) in [4.78, 5) is 13.9. The Hall–Kier alpha value is -2.07. The van der Waals surface area contributed by atoms with Crippen molar-refractivity contribution in [1.29, 1.82) is 0 Å². The summed E-state index contributed by atoms with van der Waals surface area (Å²) in [6.45, 7) is 0.0900.